The molecule has 17 heavy (non-hydrogen) atoms. The van der Waals surface area contributed by atoms with E-state index in [2.05, 4.69) is 20.4 Å². The third kappa shape index (κ3) is 2.09. The van der Waals surface area contributed by atoms with E-state index >= 15 is 0 Å². The molecule has 2 rings (SSSR count). The molecule has 0 saturated carbocycles. The van der Waals surface area contributed by atoms with Crippen LogP contribution >= 0.6 is 0 Å². The quantitative estimate of drug-likeness (QED) is 0.786. The summed E-state index contributed by atoms with van der Waals surface area (Å²) >= 11 is 0. The molecule has 0 bridgehead atoms. The first-order valence-electron chi connectivity index (χ1n) is 5.60. The average molecular weight is 234 g/mol. The van der Waals surface area contributed by atoms with Crippen LogP contribution in [0.25, 0.3) is 5.57 Å². The third-order valence-electron chi connectivity index (χ3n) is 2.89. The van der Waals surface area contributed by atoms with E-state index in [4.69, 9.17) is 14.2 Å². The van der Waals surface area contributed by atoms with Gasteiger partial charge in [-0.2, -0.15) is 0 Å². The maximum absolute atomic E-state index is 5.94. The van der Waals surface area contributed by atoms with Gasteiger partial charge >= 0.3 is 0 Å². The number of ether oxygens (including phenoxy) is 3. The van der Waals surface area contributed by atoms with Gasteiger partial charge in [0.15, 0.2) is 11.5 Å². The number of hydrogen-bond acceptors (Lipinski definition) is 3. The zero-order chi connectivity index (χ0) is 12.6. The van der Waals surface area contributed by atoms with Crippen LogP contribution in [0.15, 0.2) is 18.7 Å². The smallest absolute Gasteiger partial charge is 0.164 e. The first-order chi connectivity index (χ1) is 7.96. The number of fused-ring (bicyclic) bond motifs is 1. The topological polar surface area (TPSA) is 27.7 Å². The molecular weight excluding hydrogens is 216 g/mol. The second-order valence-electron chi connectivity index (χ2n) is 4.85. The summed E-state index contributed by atoms with van der Waals surface area (Å²) in [6.45, 7) is 8.21. The molecule has 0 saturated heterocycles. The van der Waals surface area contributed by atoms with E-state index in [1.807, 2.05) is 12.1 Å². The Morgan fingerprint density at radius 1 is 1.18 bits per heavy atom. The van der Waals surface area contributed by atoms with E-state index in [0.29, 0.717) is 11.5 Å². The Hall–Kier alpha value is -1.64. The predicted molar refractivity (Wildman–Crippen MR) is 67.9 cm³/mol. The Balaban J connectivity index is 2.53. The van der Waals surface area contributed by atoms with Crippen LogP contribution in [0.5, 0.6) is 17.2 Å². The molecule has 1 heterocycles. The van der Waals surface area contributed by atoms with Crippen molar-refractivity contribution in [2.45, 2.75) is 25.9 Å². The molecule has 3 nitrogen and oxygen atoms in total. The summed E-state index contributed by atoms with van der Waals surface area (Å²) in [5.74, 6) is 2.19. The minimum absolute atomic E-state index is 0.219. The first kappa shape index (κ1) is 11.8. The fraction of sp³-hybridized carbons (Fsp3) is 0.429. The fourth-order valence-electron chi connectivity index (χ4n) is 2.16. The molecule has 0 atom stereocenters. The van der Waals surface area contributed by atoms with E-state index in [1.54, 1.807) is 14.2 Å². The van der Waals surface area contributed by atoms with E-state index in [9.17, 15) is 0 Å². The van der Waals surface area contributed by atoms with Crippen LogP contribution < -0.4 is 14.2 Å². The highest BCUT2D eigenvalue weighted by Gasteiger charge is 2.30. The lowest BCUT2D eigenvalue weighted by Crippen LogP contribution is -2.31. The lowest BCUT2D eigenvalue weighted by atomic mass is 9.90. The van der Waals surface area contributed by atoms with Crippen LogP contribution in [0.4, 0.5) is 0 Å². The van der Waals surface area contributed by atoms with Gasteiger partial charge in [0.1, 0.15) is 11.4 Å². The van der Waals surface area contributed by atoms with Crippen molar-refractivity contribution < 1.29 is 14.2 Å². The molecule has 0 radical (unpaired) electrons. The van der Waals surface area contributed by atoms with Crippen molar-refractivity contribution >= 4 is 5.57 Å². The molecule has 92 valence electrons. The summed E-state index contributed by atoms with van der Waals surface area (Å²) in [7, 11) is 3.24. The van der Waals surface area contributed by atoms with Gasteiger partial charge < -0.3 is 14.2 Å². The third-order valence-corrected chi connectivity index (χ3v) is 2.89. The van der Waals surface area contributed by atoms with Crippen molar-refractivity contribution in [2.24, 2.45) is 0 Å². The van der Waals surface area contributed by atoms with E-state index in [-0.39, 0.29) is 5.60 Å². The second kappa shape index (κ2) is 3.99. The average Bonchev–Trinajstić information content (AvgIpc) is 2.26. The highest BCUT2D eigenvalue weighted by molar-refractivity contribution is 5.74. The molecule has 1 aliphatic heterocycles. The van der Waals surface area contributed by atoms with Gasteiger partial charge in [0.2, 0.25) is 0 Å². The van der Waals surface area contributed by atoms with E-state index in [1.165, 1.54) is 0 Å². The summed E-state index contributed by atoms with van der Waals surface area (Å²) in [6, 6.07) is 3.78. The summed E-state index contributed by atoms with van der Waals surface area (Å²) in [5.41, 5.74) is 1.85. The number of benzene rings is 1. The largest absolute Gasteiger partial charge is 0.493 e. The Morgan fingerprint density at radius 2 is 1.76 bits per heavy atom. The highest BCUT2D eigenvalue weighted by atomic mass is 16.5. The van der Waals surface area contributed by atoms with Crippen molar-refractivity contribution in [3.8, 4) is 17.2 Å². The molecule has 0 unspecified atom stereocenters. The van der Waals surface area contributed by atoms with Crippen LogP contribution in [-0.4, -0.2) is 19.8 Å². The standard InChI is InChI=1S/C14H18O3/c1-9-8-14(2,3)17-11-7-13(16-5)12(15-4)6-10(9)11/h6-7H,1,8H2,2-5H3. The van der Waals surface area contributed by atoms with Gasteiger partial charge in [-0.1, -0.05) is 6.58 Å². The number of methoxy groups -OCH3 is 2. The van der Waals surface area contributed by atoms with Gasteiger partial charge in [0, 0.05) is 18.1 Å². The number of rotatable bonds is 2. The maximum Gasteiger partial charge on any atom is 0.164 e. The summed E-state index contributed by atoms with van der Waals surface area (Å²) in [6.07, 6.45) is 0.815. The molecule has 3 heteroatoms. The van der Waals surface area contributed by atoms with Crippen LogP contribution in [0, 0.1) is 0 Å². The molecule has 0 spiro atoms. The Kier molecular flexibility index (Phi) is 2.77. The van der Waals surface area contributed by atoms with Gasteiger partial charge in [-0.25, -0.2) is 0 Å². The van der Waals surface area contributed by atoms with Gasteiger partial charge in [-0.15, -0.1) is 0 Å². The zero-order valence-corrected chi connectivity index (χ0v) is 10.8. The monoisotopic (exact) mass is 234 g/mol. The molecular formula is C14H18O3. The van der Waals surface area contributed by atoms with Crippen molar-refractivity contribution in [3.63, 3.8) is 0 Å². The summed E-state index contributed by atoms with van der Waals surface area (Å²) < 4.78 is 16.5. The van der Waals surface area contributed by atoms with Gasteiger partial charge in [-0.3, -0.25) is 0 Å². The van der Waals surface area contributed by atoms with Gasteiger partial charge in [0.05, 0.1) is 14.2 Å². The number of hydrogen-bond donors (Lipinski definition) is 0. The Labute approximate surface area is 102 Å². The molecule has 0 aromatic heterocycles. The Morgan fingerprint density at radius 3 is 2.35 bits per heavy atom. The lowest BCUT2D eigenvalue weighted by molar-refractivity contribution is 0.107. The summed E-state index contributed by atoms with van der Waals surface area (Å²) in [5, 5.41) is 0. The first-order valence-corrected chi connectivity index (χ1v) is 5.60. The van der Waals surface area contributed by atoms with Crippen molar-refractivity contribution in [2.75, 3.05) is 14.2 Å². The highest BCUT2D eigenvalue weighted by Crippen LogP contribution is 2.44. The van der Waals surface area contributed by atoms with Crippen molar-refractivity contribution in [1.82, 2.24) is 0 Å². The maximum atomic E-state index is 5.94. The fourth-order valence-corrected chi connectivity index (χ4v) is 2.16. The van der Waals surface area contributed by atoms with Crippen LogP contribution in [0.3, 0.4) is 0 Å². The van der Waals surface area contributed by atoms with E-state index in [0.717, 1.165) is 23.3 Å². The summed E-state index contributed by atoms with van der Waals surface area (Å²) in [4.78, 5) is 0. The molecule has 1 aliphatic rings. The Bertz CT molecular complexity index is 461. The van der Waals surface area contributed by atoms with Crippen molar-refractivity contribution in [1.29, 1.82) is 0 Å². The van der Waals surface area contributed by atoms with E-state index < -0.39 is 0 Å². The predicted octanol–water partition coefficient (Wildman–Crippen LogP) is 3.28. The van der Waals surface area contributed by atoms with Gasteiger partial charge in [-0.05, 0) is 25.5 Å². The van der Waals surface area contributed by atoms with Crippen molar-refractivity contribution in [3.05, 3.63) is 24.3 Å². The zero-order valence-electron chi connectivity index (χ0n) is 10.8. The van der Waals surface area contributed by atoms with Crippen LogP contribution in [0.1, 0.15) is 25.8 Å². The second-order valence-corrected chi connectivity index (χ2v) is 4.85. The molecule has 0 aliphatic carbocycles. The molecule has 0 N–H and O–H groups in total. The van der Waals surface area contributed by atoms with Crippen LogP contribution in [-0.2, 0) is 0 Å². The van der Waals surface area contributed by atoms with Gasteiger partial charge in [0.25, 0.3) is 0 Å². The minimum atomic E-state index is -0.219. The molecule has 0 amide bonds. The normalized spacial score (nSPS) is 17.1. The lowest BCUT2D eigenvalue weighted by Gasteiger charge is -2.34. The van der Waals surface area contributed by atoms with Crippen LogP contribution in [0.2, 0.25) is 0 Å². The molecule has 0 fully saturated rings. The molecule has 1 aromatic rings. The SMILES string of the molecule is C=C1CC(C)(C)Oc2cc(OC)c(OC)cc21. The minimum Gasteiger partial charge on any atom is -0.493 e. The molecule has 1 aromatic carbocycles.